The Bertz CT molecular complexity index is 1220. The maximum absolute atomic E-state index is 13.9. The molecule has 0 bridgehead atoms. The predicted octanol–water partition coefficient (Wildman–Crippen LogP) is 5.54. The van der Waals surface area contributed by atoms with Gasteiger partial charge >= 0.3 is 0 Å². The first-order valence-corrected chi connectivity index (χ1v) is 10.9. The zero-order valence-corrected chi connectivity index (χ0v) is 19.3. The molecule has 0 amide bonds. The van der Waals surface area contributed by atoms with Crippen LogP contribution in [0.1, 0.15) is 11.1 Å². The molecule has 0 atom stereocenters. The maximum atomic E-state index is 13.9. The van der Waals surface area contributed by atoms with Gasteiger partial charge in [-0.15, -0.1) is 0 Å². The van der Waals surface area contributed by atoms with Crippen molar-refractivity contribution >= 4 is 56.4 Å². The molecular weight excluding hydrogens is 503 g/mol. The Morgan fingerprint density at radius 1 is 1.00 bits per heavy atom. The van der Waals surface area contributed by atoms with Gasteiger partial charge in [-0.25, -0.2) is 4.39 Å². The van der Waals surface area contributed by atoms with Crippen LogP contribution in [0.2, 0.25) is 5.02 Å². The highest BCUT2D eigenvalue weighted by molar-refractivity contribution is 9.10. The van der Waals surface area contributed by atoms with Crippen LogP contribution in [-0.2, 0) is 13.1 Å². The number of hydrogen-bond donors (Lipinski definition) is 2. The first kappa shape index (κ1) is 21.5. The highest BCUT2D eigenvalue weighted by Gasteiger charge is 2.11. The Hall–Kier alpha value is -2.75. The van der Waals surface area contributed by atoms with E-state index in [-0.39, 0.29) is 5.82 Å². The summed E-state index contributed by atoms with van der Waals surface area (Å²) in [6.45, 7) is 0.857. The van der Waals surface area contributed by atoms with Crippen molar-refractivity contribution in [1.29, 1.82) is 0 Å². The Balaban J connectivity index is 1.37. The summed E-state index contributed by atoms with van der Waals surface area (Å²) in [5, 5.41) is 15.9. The number of benzene rings is 2. The molecule has 4 rings (SSSR count). The van der Waals surface area contributed by atoms with Gasteiger partial charge in [0.25, 0.3) is 0 Å². The zero-order valence-electron chi connectivity index (χ0n) is 16.1. The molecular formula is C21H17BrClFN6S. The van der Waals surface area contributed by atoms with E-state index in [0.29, 0.717) is 39.1 Å². The molecule has 2 aromatic carbocycles. The van der Waals surface area contributed by atoms with Crippen molar-refractivity contribution in [3.05, 3.63) is 93.6 Å². The second-order valence-electron chi connectivity index (χ2n) is 6.71. The van der Waals surface area contributed by atoms with Crippen molar-refractivity contribution in [3.8, 4) is 0 Å². The van der Waals surface area contributed by atoms with Crippen molar-refractivity contribution < 1.29 is 4.39 Å². The van der Waals surface area contributed by atoms with Crippen molar-refractivity contribution in [2.75, 3.05) is 10.6 Å². The van der Waals surface area contributed by atoms with E-state index in [2.05, 4.69) is 36.8 Å². The van der Waals surface area contributed by atoms with Gasteiger partial charge in [0.2, 0.25) is 0 Å². The van der Waals surface area contributed by atoms with Gasteiger partial charge in [0.1, 0.15) is 5.82 Å². The summed E-state index contributed by atoms with van der Waals surface area (Å²) in [5.41, 5.74) is 2.26. The van der Waals surface area contributed by atoms with E-state index in [0.717, 1.165) is 11.3 Å². The molecule has 2 aromatic heterocycles. The van der Waals surface area contributed by atoms with Gasteiger partial charge < -0.3 is 10.6 Å². The highest BCUT2D eigenvalue weighted by atomic mass is 79.9. The largest absolute Gasteiger partial charge is 0.330 e. The standard InChI is InChI=1S/C21H17BrClFN6S/c22-17-13-30(11-15-6-2-4-8-19(15)24)28-20(17)27-21(31)26-16-9-25-29(12-16)10-14-5-1-3-7-18(14)23/h1-9,12-13H,10-11H2,(H2,26,27,28,31). The lowest BCUT2D eigenvalue weighted by Gasteiger charge is -2.07. The molecule has 2 heterocycles. The maximum Gasteiger partial charge on any atom is 0.176 e. The number of aromatic nitrogens is 4. The van der Waals surface area contributed by atoms with Gasteiger partial charge in [-0.1, -0.05) is 48.0 Å². The average Bonchev–Trinajstić information content (AvgIpc) is 3.31. The van der Waals surface area contributed by atoms with Crippen molar-refractivity contribution in [1.82, 2.24) is 19.6 Å². The Morgan fingerprint density at radius 3 is 2.48 bits per heavy atom. The van der Waals surface area contributed by atoms with Gasteiger partial charge in [0.15, 0.2) is 10.9 Å². The third kappa shape index (κ3) is 5.49. The second-order valence-corrected chi connectivity index (χ2v) is 8.38. The summed E-state index contributed by atoms with van der Waals surface area (Å²) in [6.07, 6.45) is 5.28. The summed E-state index contributed by atoms with van der Waals surface area (Å²) in [5.74, 6) is 0.256. The molecule has 0 spiro atoms. The number of halogens is 3. The van der Waals surface area contributed by atoms with Crippen LogP contribution in [0.5, 0.6) is 0 Å². The van der Waals surface area contributed by atoms with E-state index in [4.69, 9.17) is 23.8 Å². The third-order valence-corrected chi connectivity index (χ3v) is 5.57. The van der Waals surface area contributed by atoms with Crippen molar-refractivity contribution in [2.45, 2.75) is 13.1 Å². The van der Waals surface area contributed by atoms with Gasteiger partial charge in [0, 0.05) is 23.0 Å². The minimum absolute atomic E-state index is 0.269. The number of rotatable bonds is 6. The lowest BCUT2D eigenvalue weighted by molar-refractivity contribution is 0.586. The fourth-order valence-electron chi connectivity index (χ4n) is 2.95. The first-order chi connectivity index (χ1) is 15.0. The third-order valence-electron chi connectivity index (χ3n) is 4.42. The zero-order chi connectivity index (χ0) is 21.8. The van der Waals surface area contributed by atoms with Crippen LogP contribution in [0.4, 0.5) is 15.9 Å². The van der Waals surface area contributed by atoms with E-state index in [1.807, 2.05) is 30.5 Å². The average molecular weight is 520 g/mol. The highest BCUT2D eigenvalue weighted by Crippen LogP contribution is 2.22. The molecule has 6 nitrogen and oxygen atoms in total. The molecule has 0 radical (unpaired) electrons. The number of hydrogen-bond acceptors (Lipinski definition) is 3. The van der Waals surface area contributed by atoms with E-state index in [1.54, 1.807) is 40.0 Å². The number of nitrogens with one attached hydrogen (secondary N) is 2. The molecule has 31 heavy (non-hydrogen) atoms. The predicted molar refractivity (Wildman–Crippen MR) is 128 cm³/mol. The molecule has 0 unspecified atom stereocenters. The second kappa shape index (κ2) is 9.59. The molecule has 0 aliphatic heterocycles. The van der Waals surface area contributed by atoms with Gasteiger partial charge in [-0.3, -0.25) is 9.36 Å². The molecule has 0 aliphatic carbocycles. The number of thiocarbonyl (C=S) groups is 1. The summed E-state index contributed by atoms with van der Waals surface area (Å²) in [6, 6.07) is 14.2. The monoisotopic (exact) mass is 518 g/mol. The SMILES string of the molecule is Fc1ccccc1Cn1cc(Br)c(NC(=S)Nc2cnn(Cc3ccccc3Cl)c2)n1. The Labute approximate surface area is 197 Å². The number of anilines is 2. The van der Waals surface area contributed by atoms with Crippen molar-refractivity contribution in [2.24, 2.45) is 0 Å². The molecule has 2 N–H and O–H groups in total. The minimum atomic E-state index is -0.269. The lowest BCUT2D eigenvalue weighted by Crippen LogP contribution is -2.19. The smallest absolute Gasteiger partial charge is 0.176 e. The molecule has 0 saturated carbocycles. The number of nitrogens with zero attached hydrogens (tertiary/aromatic N) is 4. The molecule has 0 saturated heterocycles. The molecule has 4 aromatic rings. The lowest BCUT2D eigenvalue weighted by atomic mass is 10.2. The Morgan fingerprint density at radius 2 is 1.71 bits per heavy atom. The first-order valence-electron chi connectivity index (χ1n) is 9.28. The quantitative estimate of drug-likeness (QED) is 0.328. The van der Waals surface area contributed by atoms with Gasteiger partial charge in [-0.05, 0) is 45.8 Å². The van der Waals surface area contributed by atoms with E-state index < -0.39 is 0 Å². The van der Waals surface area contributed by atoms with Crippen LogP contribution < -0.4 is 10.6 Å². The molecule has 10 heteroatoms. The minimum Gasteiger partial charge on any atom is -0.330 e. The fraction of sp³-hybridized carbons (Fsp3) is 0.0952. The van der Waals surface area contributed by atoms with E-state index >= 15 is 0 Å². The normalized spacial score (nSPS) is 10.8. The van der Waals surface area contributed by atoms with E-state index in [9.17, 15) is 4.39 Å². The fourth-order valence-corrected chi connectivity index (χ4v) is 3.77. The summed E-state index contributed by atoms with van der Waals surface area (Å²) in [7, 11) is 0. The van der Waals surface area contributed by atoms with Crippen LogP contribution in [0.15, 0.2) is 71.6 Å². The van der Waals surface area contributed by atoms with Crippen LogP contribution in [0.3, 0.4) is 0 Å². The van der Waals surface area contributed by atoms with Crippen LogP contribution in [-0.4, -0.2) is 24.7 Å². The molecule has 0 fully saturated rings. The topological polar surface area (TPSA) is 59.7 Å². The van der Waals surface area contributed by atoms with E-state index in [1.165, 1.54) is 6.07 Å². The Kier molecular flexibility index (Phi) is 6.64. The summed E-state index contributed by atoms with van der Waals surface area (Å²) < 4.78 is 18.0. The van der Waals surface area contributed by atoms with Crippen LogP contribution in [0, 0.1) is 5.82 Å². The van der Waals surface area contributed by atoms with Gasteiger partial charge in [0.05, 0.1) is 29.4 Å². The van der Waals surface area contributed by atoms with Crippen molar-refractivity contribution in [3.63, 3.8) is 0 Å². The van der Waals surface area contributed by atoms with Crippen LogP contribution in [0.25, 0.3) is 0 Å². The summed E-state index contributed by atoms with van der Waals surface area (Å²) in [4.78, 5) is 0. The molecule has 158 valence electrons. The summed E-state index contributed by atoms with van der Waals surface area (Å²) >= 11 is 15.1. The molecule has 0 aliphatic rings. The van der Waals surface area contributed by atoms with Gasteiger partial charge in [-0.2, -0.15) is 10.2 Å². The van der Waals surface area contributed by atoms with Crippen LogP contribution >= 0.6 is 39.7 Å².